The number of rotatable bonds is 3. The highest BCUT2D eigenvalue weighted by Crippen LogP contribution is 2.67. The fourth-order valence-electron chi connectivity index (χ4n) is 6.87. The molecule has 1 aromatic carbocycles. The second kappa shape index (κ2) is 6.04. The van der Waals surface area contributed by atoms with Gasteiger partial charge in [-0.2, -0.15) is 0 Å². The van der Waals surface area contributed by atoms with E-state index in [1.807, 2.05) is 12.1 Å². The van der Waals surface area contributed by atoms with Gasteiger partial charge >= 0.3 is 5.97 Å². The summed E-state index contributed by atoms with van der Waals surface area (Å²) in [6, 6.07) is 8.50. The highest BCUT2D eigenvalue weighted by molar-refractivity contribution is 6.49. The quantitative estimate of drug-likeness (QED) is 0.570. The Morgan fingerprint density at radius 1 is 1.36 bits per heavy atom. The first-order chi connectivity index (χ1) is 13.5. The molecule has 3 aliphatic heterocycles. The van der Waals surface area contributed by atoms with E-state index in [0.717, 1.165) is 43.6 Å². The van der Waals surface area contributed by atoms with E-state index in [2.05, 4.69) is 24.0 Å². The van der Waals surface area contributed by atoms with Crippen LogP contribution >= 0.6 is 11.6 Å². The molecule has 0 bridgehead atoms. The number of methoxy groups -OCH3 is 2. The van der Waals surface area contributed by atoms with Crippen molar-refractivity contribution in [3.63, 3.8) is 0 Å². The zero-order chi connectivity index (χ0) is 19.7. The number of alkyl halides is 1. The van der Waals surface area contributed by atoms with E-state index < -0.39 is 10.3 Å². The van der Waals surface area contributed by atoms with Crippen LogP contribution < -0.4 is 0 Å². The van der Waals surface area contributed by atoms with Crippen LogP contribution in [0.4, 0.5) is 5.69 Å². The van der Waals surface area contributed by atoms with Crippen LogP contribution in [0.25, 0.3) is 0 Å². The fourth-order valence-corrected chi connectivity index (χ4v) is 7.43. The van der Waals surface area contributed by atoms with Gasteiger partial charge in [0.2, 0.25) is 0 Å². The van der Waals surface area contributed by atoms with Crippen LogP contribution in [0.15, 0.2) is 29.3 Å². The van der Waals surface area contributed by atoms with Crippen LogP contribution in [0.2, 0.25) is 0 Å². The molecule has 6 heteroatoms. The van der Waals surface area contributed by atoms with Gasteiger partial charge in [-0.25, -0.2) is 4.79 Å². The molecular weight excluding hydrogens is 376 g/mol. The van der Waals surface area contributed by atoms with Crippen LogP contribution in [0.5, 0.6) is 0 Å². The van der Waals surface area contributed by atoms with E-state index in [0.29, 0.717) is 6.42 Å². The van der Waals surface area contributed by atoms with Crippen molar-refractivity contribution < 1.29 is 14.3 Å². The van der Waals surface area contributed by atoms with E-state index >= 15 is 0 Å². The SMILES string of the molecule is CC[C@]12CCCN3[C@@H](OC)CC4(C(=Nc5ccccc54)[C@@](Cl)(C(=O)OC)C1)[C@@H]32. The lowest BCUT2D eigenvalue weighted by molar-refractivity contribution is -0.145. The molecule has 1 saturated carbocycles. The van der Waals surface area contributed by atoms with Gasteiger partial charge in [0, 0.05) is 26.1 Å². The van der Waals surface area contributed by atoms with Gasteiger partial charge in [0.25, 0.3) is 0 Å². The predicted molar refractivity (Wildman–Crippen MR) is 108 cm³/mol. The molecule has 5 atom stereocenters. The fraction of sp³-hybridized carbons (Fsp3) is 0.636. The van der Waals surface area contributed by atoms with Gasteiger partial charge in [0.1, 0.15) is 6.23 Å². The van der Waals surface area contributed by atoms with Crippen LogP contribution in [0, 0.1) is 5.41 Å². The second-order valence-corrected chi connectivity index (χ2v) is 9.42. The van der Waals surface area contributed by atoms with Gasteiger partial charge < -0.3 is 9.47 Å². The van der Waals surface area contributed by atoms with E-state index in [4.69, 9.17) is 26.1 Å². The summed E-state index contributed by atoms with van der Waals surface area (Å²) in [5.41, 5.74) is 2.42. The number of ether oxygens (including phenoxy) is 2. The zero-order valence-corrected chi connectivity index (χ0v) is 17.5. The molecule has 0 radical (unpaired) electrons. The maximum atomic E-state index is 13.1. The molecule has 2 saturated heterocycles. The zero-order valence-electron chi connectivity index (χ0n) is 16.7. The van der Waals surface area contributed by atoms with E-state index in [1.54, 1.807) is 7.11 Å². The normalized spacial score (nSPS) is 41.1. The van der Waals surface area contributed by atoms with Crippen molar-refractivity contribution in [2.24, 2.45) is 10.4 Å². The molecule has 3 heterocycles. The smallest absolute Gasteiger partial charge is 0.332 e. The first-order valence-corrected chi connectivity index (χ1v) is 10.6. The van der Waals surface area contributed by atoms with Gasteiger partial charge in [0.15, 0.2) is 4.87 Å². The summed E-state index contributed by atoms with van der Waals surface area (Å²) in [5.74, 6) is -0.385. The van der Waals surface area contributed by atoms with Gasteiger partial charge in [-0.15, -0.1) is 0 Å². The van der Waals surface area contributed by atoms with Gasteiger partial charge in [0.05, 0.1) is 23.9 Å². The van der Waals surface area contributed by atoms with E-state index in [9.17, 15) is 4.79 Å². The van der Waals surface area contributed by atoms with Crippen molar-refractivity contribution in [3.05, 3.63) is 29.8 Å². The van der Waals surface area contributed by atoms with Crippen LogP contribution in [-0.2, 0) is 19.7 Å². The molecule has 1 spiro atoms. The van der Waals surface area contributed by atoms with Crippen molar-refractivity contribution in [1.82, 2.24) is 4.90 Å². The van der Waals surface area contributed by atoms with Crippen molar-refractivity contribution in [1.29, 1.82) is 0 Å². The van der Waals surface area contributed by atoms with E-state index in [-0.39, 0.29) is 23.7 Å². The van der Waals surface area contributed by atoms with Crippen molar-refractivity contribution >= 4 is 29.0 Å². The monoisotopic (exact) mass is 402 g/mol. The highest BCUT2D eigenvalue weighted by Gasteiger charge is 2.74. The average Bonchev–Trinajstić information content (AvgIpc) is 3.25. The Kier molecular flexibility index (Phi) is 4.01. The molecule has 0 N–H and O–H groups in total. The first-order valence-electron chi connectivity index (χ1n) is 10.2. The molecule has 0 amide bonds. The third-order valence-corrected chi connectivity index (χ3v) is 8.30. The molecule has 1 unspecified atom stereocenters. The minimum absolute atomic E-state index is 0.00393. The Hall–Kier alpha value is -1.43. The summed E-state index contributed by atoms with van der Waals surface area (Å²) in [5, 5.41) is 0. The number of hydrogen-bond donors (Lipinski definition) is 0. The summed E-state index contributed by atoms with van der Waals surface area (Å²) < 4.78 is 11.2. The lowest BCUT2D eigenvalue weighted by Gasteiger charge is -2.59. The Morgan fingerprint density at radius 2 is 2.14 bits per heavy atom. The minimum Gasteiger partial charge on any atom is -0.467 e. The number of piperidine rings is 1. The Balaban J connectivity index is 1.82. The third kappa shape index (κ3) is 2.00. The molecule has 5 nitrogen and oxygen atoms in total. The molecule has 28 heavy (non-hydrogen) atoms. The lowest BCUT2D eigenvalue weighted by atomic mass is 9.50. The topological polar surface area (TPSA) is 51.1 Å². The highest BCUT2D eigenvalue weighted by atomic mass is 35.5. The third-order valence-electron chi connectivity index (χ3n) is 7.83. The number of para-hydroxylation sites is 1. The number of esters is 1. The number of aliphatic imine (C=N–C) groups is 1. The van der Waals surface area contributed by atoms with Gasteiger partial charge in [-0.1, -0.05) is 36.7 Å². The van der Waals surface area contributed by atoms with Gasteiger partial charge in [-0.3, -0.25) is 9.89 Å². The number of hydrogen-bond acceptors (Lipinski definition) is 5. The largest absolute Gasteiger partial charge is 0.467 e. The number of benzene rings is 1. The molecule has 5 rings (SSSR count). The second-order valence-electron chi connectivity index (χ2n) is 8.77. The molecule has 3 fully saturated rings. The standard InChI is InChI=1S/C22H27ClN2O3/c1-4-20-10-7-11-25-16(27-2)12-21(18(20)25)14-8-5-6-9-15(14)24-17(21)22(23,13-20)19(26)28-3/h5-6,8-9,16,18H,4,7,10-13H2,1-3H3/t16-,18-,20-,21?,22+/m0/s1. The summed E-state index contributed by atoms with van der Waals surface area (Å²) in [7, 11) is 3.21. The predicted octanol–water partition coefficient (Wildman–Crippen LogP) is 3.80. The van der Waals surface area contributed by atoms with Crippen LogP contribution in [-0.4, -0.2) is 54.5 Å². The maximum Gasteiger partial charge on any atom is 0.332 e. The van der Waals surface area contributed by atoms with Crippen LogP contribution in [0.1, 0.15) is 44.6 Å². The number of fused-ring (bicyclic) bond motifs is 1. The average molecular weight is 403 g/mol. The summed E-state index contributed by atoms with van der Waals surface area (Å²) in [6.07, 6.45) is 4.46. The van der Waals surface area contributed by atoms with Crippen LogP contribution in [0.3, 0.4) is 0 Å². The summed E-state index contributed by atoms with van der Waals surface area (Å²) in [6.45, 7) is 3.24. The number of halogens is 1. The van der Waals surface area contributed by atoms with Crippen molar-refractivity contribution in [2.75, 3.05) is 20.8 Å². The number of carbonyl (C=O) groups excluding carboxylic acids is 1. The molecular formula is C22H27ClN2O3. The molecule has 4 aliphatic rings. The Morgan fingerprint density at radius 3 is 2.86 bits per heavy atom. The molecule has 1 aliphatic carbocycles. The first kappa shape index (κ1) is 18.6. The van der Waals surface area contributed by atoms with E-state index in [1.165, 1.54) is 12.7 Å². The molecule has 150 valence electrons. The summed E-state index contributed by atoms with van der Waals surface area (Å²) in [4.78, 5) is 19.3. The number of nitrogens with zero attached hydrogens (tertiary/aromatic N) is 2. The van der Waals surface area contributed by atoms with Crippen molar-refractivity contribution in [3.8, 4) is 0 Å². The van der Waals surface area contributed by atoms with Crippen molar-refractivity contribution in [2.45, 2.75) is 61.6 Å². The number of carbonyl (C=O) groups is 1. The maximum absolute atomic E-state index is 13.1. The summed E-state index contributed by atoms with van der Waals surface area (Å²) >= 11 is 7.22. The van der Waals surface area contributed by atoms with Gasteiger partial charge in [-0.05, 0) is 42.7 Å². The minimum atomic E-state index is -1.23. The molecule has 1 aromatic rings. The lowest BCUT2D eigenvalue weighted by Crippen LogP contribution is -2.69. The Bertz CT molecular complexity index is 873. The molecule has 0 aromatic heterocycles. The Labute approximate surface area is 171 Å².